The Morgan fingerprint density at radius 3 is 2.83 bits per heavy atom. The topological polar surface area (TPSA) is 60.8 Å². The van der Waals surface area contributed by atoms with Gasteiger partial charge in [0.1, 0.15) is 0 Å². The van der Waals surface area contributed by atoms with Gasteiger partial charge in [0.15, 0.2) is 0 Å². The van der Waals surface area contributed by atoms with Crippen molar-refractivity contribution >= 4 is 6.09 Å². The van der Waals surface area contributed by atoms with Crippen LogP contribution in [0.2, 0.25) is 0 Å². The number of carbonyl (C=O) groups is 1. The second kappa shape index (κ2) is 5.40. The summed E-state index contributed by atoms with van der Waals surface area (Å²) in [5, 5.41) is 19.4. The van der Waals surface area contributed by atoms with Crippen molar-refractivity contribution in [2.45, 2.75) is 25.9 Å². The lowest BCUT2D eigenvalue weighted by atomic mass is 9.87. The number of rotatable bonds is 2. The van der Waals surface area contributed by atoms with Crippen LogP contribution in [0.3, 0.4) is 0 Å². The van der Waals surface area contributed by atoms with Crippen LogP contribution < -0.4 is 0 Å². The number of aryl methyl sites for hydroxylation is 1. The van der Waals surface area contributed by atoms with E-state index in [1.54, 1.807) is 0 Å². The number of piperidine rings is 1. The minimum atomic E-state index is -0.892. The van der Waals surface area contributed by atoms with Gasteiger partial charge in [-0.1, -0.05) is 24.3 Å². The highest BCUT2D eigenvalue weighted by Gasteiger charge is 2.29. The first kappa shape index (κ1) is 12.9. The van der Waals surface area contributed by atoms with Gasteiger partial charge >= 0.3 is 6.09 Å². The van der Waals surface area contributed by atoms with Crippen molar-refractivity contribution in [2.24, 2.45) is 5.92 Å². The van der Waals surface area contributed by atoms with Gasteiger partial charge in [-0.2, -0.15) is 0 Å². The van der Waals surface area contributed by atoms with E-state index in [1.165, 1.54) is 4.90 Å². The summed E-state index contributed by atoms with van der Waals surface area (Å²) in [6, 6.07) is 7.73. The summed E-state index contributed by atoms with van der Waals surface area (Å²) in [5.74, 6) is -0.00375. The zero-order valence-corrected chi connectivity index (χ0v) is 10.5. The van der Waals surface area contributed by atoms with E-state index in [0.717, 1.165) is 24.0 Å². The number of nitrogens with zero attached hydrogens (tertiary/aromatic N) is 1. The number of aliphatic hydroxyl groups is 1. The molecule has 0 bridgehead atoms. The Labute approximate surface area is 107 Å². The van der Waals surface area contributed by atoms with Crippen molar-refractivity contribution in [3.8, 4) is 0 Å². The second-order valence-electron chi connectivity index (χ2n) is 4.93. The number of hydrogen-bond acceptors (Lipinski definition) is 2. The molecule has 1 aromatic rings. The van der Waals surface area contributed by atoms with E-state index in [2.05, 4.69) is 0 Å². The summed E-state index contributed by atoms with van der Waals surface area (Å²) in [4.78, 5) is 12.4. The van der Waals surface area contributed by atoms with E-state index < -0.39 is 12.2 Å². The molecule has 1 heterocycles. The van der Waals surface area contributed by atoms with Gasteiger partial charge in [-0.05, 0) is 30.9 Å². The van der Waals surface area contributed by atoms with Crippen LogP contribution in [0.4, 0.5) is 4.79 Å². The van der Waals surface area contributed by atoms with Gasteiger partial charge in [-0.15, -0.1) is 0 Å². The predicted octanol–water partition coefficient (Wildman–Crippen LogP) is 2.42. The number of carboxylic acid groups (broad SMARTS) is 1. The molecule has 98 valence electrons. The molecule has 4 nitrogen and oxygen atoms in total. The largest absolute Gasteiger partial charge is 0.465 e. The fourth-order valence-corrected chi connectivity index (χ4v) is 2.61. The maximum absolute atomic E-state index is 11.0. The van der Waals surface area contributed by atoms with Gasteiger partial charge in [0, 0.05) is 19.0 Å². The molecule has 1 fully saturated rings. The van der Waals surface area contributed by atoms with Crippen molar-refractivity contribution in [3.63, 3.8) is 0 Å². The average Bonchev–Trinajstić information content (AvgIpc) is 2.38. The van der Waals surface area contributed by atoms with Gasteiger partial charge in [0.05, 0.1) is 6.10 Å². The molecule has 1 aromatic carbocycles. The van der Waals surface area contributed by atoms with Crippen molar-refractivity contribution in [3.05, 3.63) is 35.4 Å². The molecule has 2 unspecified atom stereocenters. The third kappa shape index (κ3) is 2.64. The molecule has 1 aliphatic heterocycles. The highest BCUT2D eigenvalue weighted by Crippen LogP contribution is 2.31. The van der Waals surface area contributed by atoms with Crippen molar-refractivity contribution < 1.29 is 15.0 Å². The van der Waals surface area contributed by atoms with Crippen molar-refractivity contribution in [1.29, 1.82) is 0 Å². The zero-order chi connectivity index (χ0) is 13.1. The summed E-state index contributed by atoms with van der Waals surface area (Å²) >= 11 is 0. The van der Waals surface area contributed by atoms with E-state index in [4.69, 9.17) is 5.11 Å². The molecule has 1 saturated heterocycles. The maximum Gasteiger partial charge on any atom is 0.407 e. The minimum Gasteiger partial charge on any atom is -0.465 e. The molecule has 0 aliphatic carbocycles. The number of aliphatic hydroxyl groups excluding tert-OH is 1. The van der Waals surface area contributed by atoms with Crippen LogP contribution in [0.15, 0.2) is 24.3 Å². The first-order valence-corrected chi connectivity index (χ1v) is 6.31. The molecular weight excluding hydrogens is 230 g/mol. The van der Waals surface area contributed by atoms with Gasteiger partial charge in [-0.25, -0.2) is 4.79 Å². The van der Waals surface area contributed by atoms with Gasteiger partial charge < -0.3 is 15.1 Å². The van der Waals surface area contributed by atoms with Gasteiger partial charge in [0.2, 0.25) is 0 Å². The lowest BCUT2D eigenvalue weighted by Gasteiger charge is -2.34. The smallest absolute Gasteiger partial charge is 0.407 e. The van der Waals surface area contributed by atoms with Gasteiger partial charge in [0.25, 0.3) is 0 Å². The Kier molecular flexibility index (Phi) is 3.87. The van der Waals surface area contributed by atoms with Crippen molar-refractivity contribution in [1.82, 2.24) is 4.90 Å². The first-order chi connectivity index (χ1) is 8.59. The van der Waals surface area contributed by atoms with Crippen LogP contribution in [0.1, 0.15) is 30.1 Å². The molecular formula is C14H19NO3. The average molecular weight is 249 g/mol. The molecule has 1 amide bonds. The lowest BCUT2D eigenvalue weighted by molar-refractivity contribution is 0.0500. The van der Waals surface area contributed by atoms with E-state index in [0.29, 0.717) is 13.1 Å². The highest BCUT2D eigenvalue weighted by molar-refractivity contribution is 5.65. The number of benzene rings is 1. The highest BCUT2D eigenvalue weighted by atomic mass is 16.4. The molecule has 2 N–H and O–H groups in total. The molecule has 4 heteroatoms. The van der Waals surface area contributed by atoms with E-state index in [-0.39, 0.29) is 5.92 Å². The normalized spacial score (nSPS) is 21.7. The zero-order valence-electron chi connectivity index (χ0n) is 10.5. The number of amides is 1. The molecule has 18 heavy (non-hydrogen) atoms. The predicted molar refractivity (Wildman–Crippen MR) is 68.5 cm³/mol. The standard InChI is InChI=1S/C14H19NO3/c1-10-5-2-3-7-12(10)13(16)11-6-4-8-15(9-11)14(17)18/h2-3,5,7,11,13,16H,4,6,8-9H2,1H3,(H,17,18). The summed E-state index contributed by atoms with van der Waals surface area (Å²) in [6.45, 7) is 2.97. The van der Waals surface area contributed by atoms with Crippen LogP contribution in [0.25, 0.3) is 0 Å². The number of likely N-dealkylation sites (tertiary alicyclic amines) is 1. The molecule has 2 rings (SSSR count). The Hall–Kier alpha value is -1.55. The lowest BCUT2D eigenvalue weighted by Crippen LogP contribution is -2.40. The monoisotopic (exact) mass is 249 g/mol. The minimum absolute atomic E-state index is 0.00375. The Balaban J connectivity index is 2.11. The van der Waals surface area contributed by atoms with E-state index in [1.807, 2.05) is 31.2 Å². The molecule has 1 aliphatic rings. The molecule has 0 spiro atoms. The summed E-state index contributed by atoms with van der Waals surface area (Å²) in [7, 11) is 0. The molecule has 0 saturated carbocycles. The van der Waals surface area contributed by atoms with Crippen LogP contribution in [0, 0.1) is 12.8 Å². The van der Waals surface area contributed by atoms with Crippen molar-refractivity contribution in [2.75, 3.05) is 13.1 Å². The third-order valence-electron chi connectivity index (χ3n) is 3.68. The molecule has 2 atom stereocenters. The second-order valence-corrected chi connectivity index (χ2v) is 4.93. The van der Waals surface area contributed by atoms with Crippen LogP contribution >= 0.6 is 0 Å². The Morgan fingerprint density at radius 2 is 2.17 bits per heavy atom. The van der Waals surface area contributed by atoms with E-state index >= 15 is 0 Å². The fraction of sp³-hybridized carbons (Fsp3) is 0.500. The van der Waals surface area contributed by atoms with Gasteiger partial charge in [-0.3, -0.25) is 0 Å². The fourth-order valence-electron chi connectivity index (χ4n) is 2.61. The first-order valence-electron chi connectivity index (χ1n) is 6.31. The van der Waals surface area contributed by atoms with E-state index in [9.17, 15) is 9.90 Å². The number of hydrogen-bond donors (Lipinski definition) is 2. The Morgan fingerprint density at radius 1 is 1.44 bits per heavy atom. The SMILES string of the molecule is Cc1ccccc1C(O)C1CCCN(C(=O)O)C1. The summed E-state index contributed by atoms with van der Waals surface area (Å²) in [5.41, 5.74) is 1.96. The van der Waals surface area contributed by atoms with Crippen LogP contribution in [-0.2, 0) is 0 Å². The third-order valence-corrected chi connectivity index (χ3v) is 3.68. The summed E-state index contributed by atoms with van der Waals surface area (Å²) < 4.78 is 0. The molecule has 0 aromatic heterocycles. The summed E-state index contributed by atoms with van der Waals surface area (Å²) in [6.07, 6.45) is 0.226. The quantitative estimate of drug-likeness (QED) is 0.846. The maximum atomic E-state index is 11.0. The molecule has 0 radical (unpaired) electrons. The van der Waals surface area contributed by atoms with Crippen LogP contribution in [-0.4, -0.2) is 34.3 Å². The Bertz CT molecular complexity index is 433. The van der Waals surface area contributed by atoms with Crippen LogP contribution in [0.5, 0.6) is 0 Å².